The highest BCUT2D eigenvalue weighted by molar-refractivity contribution is 6.30. The topological polar surface area (TPSA) is 62.5 Å². The van der Waals surface area contributed by atoms with Crippen LogP contribution in [0.5, 0.6) is 5.75 Å². The van der Waals surface area contributed by atoms with Crippen molar-refractivity contribution in [2.24, 2.45) is 0 Å². The number of hydrogen-bond donors (Lipinski definition) is 0. The number of carboxylic acids is 1. The number of hydrogen-bond acceptors (Lipinski definition) is 4. The molecule has 0 aliphatic carbocycles. The minimum atomic E-state index is -1.29. The van der Waals surface area contributed by atoms with Crippen molar-refractivity contribution in [2.75, 3.05) is 0 Å². The largest absolute Gasteiger partial charge is 0.545 e. The zero-order valence-corrected chi connectivity index (χ0v) is 14.9. The fourth-order valence-corrected chi connectivity index (χ4v) is 3.04. The highest BCUT2D eigenvalue weighted by atomic mass is 35.5. The molecule has 0 aliphatic heterocycles. The molecule has 4 aromatic rings. The Hall–Kier alpha value is -3.24. The normalized spacial score (nSPS) is 10.9. The Kier molecular flexibility index (Phi) is 4.57. The second-order valence-corrected chi connectivity index (χ2v) is 6.47. The average Bonchev–Trinajstić information content (AvgIpc) is 3.07. The van der Waals surface area contributed by atoms with Crippen LogP contribution in [-0.4, -0.2) is 5.97 Å². The lowest BCUT2D eigenvalue weighted by Gasteiger charge is -2.07. The van der Waals surface area contributed by atoms with Gasteiger partial charge in [0, 0.05) is 16.0 Å². The van der Waals surface area contributed by atoms with Crippen molar-refractivity contribution < 1.29 is 19.1 Å². The fourth-order valence-electron chi connectivity index (χ4n) is 2.91. The van der Waals surface area contributed by atoms with Gasteiger partial charge >= 0.3 is 0 Å². The molecule has 0 aliphatic rings. The fraction of sp³-hybridized carbons (Fsp3) is 0.0455. The molecule has 27 heavy (non-hydrogen) atoms. The van der Waals surface area contributed by atoms with Crippen LogP contribution in [0.25, 0.3) is 22.3 Å². The van der Waals surface area contributed by atoms with Crippen molar-refractivity contribution in [3.63, 3.8) is 0 Å². The molecule has 0 amide bonds. The maximum atomic E-state index is 11.8. The van der Waals surface area contributed by atoms with Crippen molar-refractivity contribution in [3.8, 4) is 17.1 Å². The molecule has 0 unspecified atom stereocenters. The molecule has 0 atom stereocenters. The first-order chi connectivity index (χ1) is 13.1. The second-order valence-electron chi connectivity index (χ2n) is 6.03. The Labute approximate surface area is 160 Å². The first-order valence-electron chi connectivity index (χ1n) is 8.32. The van der Waals surface area contributed by atoms with E-state index in [4.69, 9.17) is 20.8 Å². The van der Waals surface area contributed by atoms with Gasteiger partial charge in [-0.05, 0) is 35.9 Å². The Morgan fingerprint density at radius 1 is 1.00 bits per heavy atom. The maximum Gasteiger partial charge on any atom is 0.144 e. The maximum absolute atomic E-state index is 11.8. The first kappa shape index (κ1) is 17.2. The van der Waals surface area contributed by atoms with E-state index in [9.17, 15) is 9.90 Å². The smallest absolute Gasteiger partial charge is 0.144 e. The van der Waals surface area contributed by atoms with Crippen LogP contribution in [-0.2, 0) is 6.61 Å². The Morgan fingerprint density at radius 2 is 1.74 bits per heavy atom. The molecule has 4 rings (SSSR count). The van der Waals surface area contributed by atoms with E-state index in [0.717, 1.165) is 5.56 Å². The Morgan fingerprint density at radius 3 is 2.44 bits per heavy atom. The number of carboxylic acid groups (broad SMARTS) is 1. The van der Waals surface area contributed by atoms with E-state index in [-0.39, 0.29) is 11.3 Å². The lowest BCUT2D eigenvalue weighted by atomic mass is 10.1. The molecule has 0 fully saturated rings. The van der Waals surface area contributed by atoms with Gasteiger partial charge in [-0.25, -0.2) is 0 Å². The van der Waals surface area contributed by atoms with Gasteiger partial charge in [-0.2, -0.15) is 0 Å². The van der Waals surface area contributed by atoms with Gasteiger partial charge in [0.25, 0.3) is 0 Å². The lowest BCUT2D eigenvalue weighted by Crippen LogP contribution is -2.22. The highest BCUT2D eigenvalue weighted by Crippen LogP contribution is 2.35. The molecule has 5 heteroatoms. The molecule has 134 valence electrons. The SMILES string of the molecule is O=C([O-])c1c(-c2ccccc2)oc2ccc(OCc3ccc(Cl)cc3)cc12. The minimum absolute atomic E-state index is 0.0214. The number of rotatable bonds is 5. The predicted molar refractivity (Wildman–Crippen MR) is 102 cm³/mol. The first-order valence-corrected chi connectivity index (χ1v) is 8.70. The molecule has 0 N–H and O–H groups in total. The summed E-state index contributed by atoms with van der Waals surface area (Å²) in [7, 11) is 0. The molecule has 0 bridgehead atoms. The van der Waals surface area contributed by atoms with E-state index in [1.807, 2.05) is 30.3 Å². The molecule has 3 aromatic carbocycles. The van der Waals surface area contributed by atoms with E-state index >= 15 is 0 Å². The molecule has 0 saturated heterocycles. The number of carbonyl (C=O) groups excluding carboxylic acids is 1. The van der Waals surface area contributed by atoms with E-state index < -0.39 is 5.97 Å². The van der Waals surface area contributed by atoms with E-state index in [1.165, 1.54) is 0 Å². The van der Waals surface area contributed by atoms with Crippen molar-refractivity contribution >= 4 is 28.5 Å². The zero-order valence-electron chi connectivity index (χ0n) is 14.1. The summed E-state index contributed by atoms with van der Waals surface area (Å²) in [6, 6.07) is 21.5. The molecule has 0 saturated carbocycles. The van der Waals surface area contributed by atoms with E-state index in [1.54, 1.807) is 42.5 Å². The van der Waals surface area contributed by atoms with Gasteiger partial charge in [0.05, 0.1) is 11.5 Å². The third-order valence-electron chi connectivity index (χ3n) is 4.22. The van der Waals surface area contributed by atoms with Crippen LogP contribution in [0.4, 0.5) is 0 Å². The van der Waals surface area contributed by atoms with Crippen LogP contribution >= 0.6 is 11.6 Å². The van der Waals surface area contributed by atoms with Gasteiger partial charge in [-0.1, -0.05) is 54.1 Å². The summed E-state index contributed by atoms with van der Waals surface area (Å²) >= 11 is 5.88. The minimum Gasteiger partial charge on any atom is -0.545 e. The van der Waals surface area contributed by atoms with Crippen LogP contribution in [0.1, 0.15) is 15.9 Å². The number of benzene rings is 3. The highest BCUT2D eigenvalue weighted by Gasteiger charge is 2.17. The third kappa shape index (κ3) is 3.52. The molecule has 1 aromatic heterocycles. The van der Waals surface area contributed by atoms with Gasteiger partial charge in [-0.15, -0.1) is 0 Å². The summed E-state index contributed by atoms with van der Waals surface area (Å²) in [5.41, 5.74) is 2.12. The molecular weight excluding hydrogens is 364 g/mol. The van der Waals surface area contributed by atoms with Crippen molar-refractivity contribution in [1.82, 2.24) is 0 Å². The number of carbonyl (C=O) groups is 1. The summed E-state index contributed by atoms with van der Waals surface area (Å²) < 4.78 is 11.6. The molecule has 0 radical (unpaired) electrons. The van der Waals surface area contributed by atoms with Crippen molar-refractivity contribution in [2.45, 2.75) is 6.61 Å². The van der Waals surface area contributed by atoms with Crippen LogP contribution in [0.2, 0.25) is 5.02 Å². The Balaban J connectivity index is 1.70. The number of furan rings is 1. The van der Waals surface area contributed by atoms with Crippen LogP contribution in [0.15, 0.2) is 77.2 Å². The van der Waals surface area contributed by atoms with Crippen LogP contribution < -0.4 is 9.84 Å². The number of halogens is 1. The molecule has 1 heterocycles. The summed E-state index contributed by atoms with van der Waals surface area (Å²) in [5.74, 6) is -0.469. The van der Waals surface area contributed by atoms with Gasteiger partial charge < -0.3 is 19.1 Å². The molecular formula is C22H14ClO4-. The predicted octanol–water partition coefficient (Wildman–Crippen LogP) is 4.70. The molecule has 4 nitrogen and oxygen atoms in total. The standard InChI is InChI=1S/C22H15ClO4/c23-16-8-6-14(7-9-16)13-26-17-10-11-19-18(12-17)20(22(24)25)21(27-19)15-4-2-1-3-5-15/h1-12H,13H2,(H,24,25)/p-1. The number of aromatic carboxylic acids is 1. The Bertz CT molecular complexity index is 1100. The average molecular weight is 378 g/mol. The van der Waals surface area contributed by atoms with Gasteiger partial charge in [0.2, 0.25) is 0 Å². The van der Waals surface area contributed by atoms with E-state index in [0.29, 0.717) is 33.9 Å². The van der Waals surface area contributed by atoms with Crippen molar-refractivity contribution in [1.29, 1.82) is 0 Å². The van der Waals surface area contributed by atoms with Gasteiger partial charge in [0.1, 0.15) is 23.7 Å². The monoisotopic (exact) mass is 377 g/mol. The summed E-state index contributed by atoms with van der Waals surface area (Å²) in [6.45, 7) is 0.340. The van der Waals surface area contributed by atoms with Crippen molar-refractivity contribution in [3.05, 3.63) is 88.9 Å². The van der Waals surface area contributed by atoms with Gasteiger partial charge in [0.15, 0.2) is 0 Å². The van der Waals surface area contributed by atoms with Crippen LogP contribution in [0.3, 0.4) is 0 Å². The summed E-state index contributed by atoms with van der Waals surface area (Å²) in [5, 5.41) is 12.9. The summed E-state index contributed by atoms with van der Waals surface area (Å²) in [6.07, 6.45) is 0. The number of fused-ring (bicyclic) bond motifs is 1. The number of ether oxygens (including phenoxy) is 1. The lowest BCUT2D eigenvalue weighted by molar-refractivity contribution is -0.254. The van der Waals surface area contributed by atoms with Gasteiger partial charge in [-0.3, -0.25) is 0 Å². The quantitative estimate of drug-likeness (QED) is 0.506. The third-order valence-corrected chi connectivity index (χ3v) is 4.47. The molecule has 0 spiro atoms. The van der Waals surface area contributed by atoms with E-state index in [2.05, 4.69) is 0 Å². The second kappa shape index (κ2) is 7.17. The zero-order chi connectivity index (χ0) is 18.8. The van der Waals surface area contributed by atoms with Crippen LogP contribution in [0, 0.1) is 0 Å². The summed E-state index contributed by atoms with van der Waals surface area (Å²) in [4.78, 5) is 11.8.